The zero-order chi connectivity index (χ0) is 10.8. The maximum absolute atomic E-state index is 10.9. The third-order valence-electron chi connectivity index (χ3n) is 1.48. The Morgan fingerprint density at radius 1 is 1.47 bits per heavy atom. The molecule has 0 aliphatic carbocycles. The average Bonchev–Trinajstić information content (AvgIpc) is 2.02. The Morgan fingerprint density at radius 2 is 2.07 bits per heavy atom. The van der Waals surface area contributed by atoms with Crippen molar-refractivity contribution in [3.05, 3.63) is 29.6 Å². The van der Waals surface area contributed by atoms with E-state index in [1.54, 1.807) is 0 Å². The minimum absolute atomic E-state index is 0. The summed E-state index contributed by atoms with van der Waals surface area (Å²) in [6.45, 7) is 0. The molecule has 1 heterocycles. The summed E-state index contributed by atoms with van der Waals surface area (Å²) >= 11 is 0. The number of carbonyl (C=O) groups is 1. The van der Waals surface area contributed by atoms with Gasteiger partial charge in [0, 0.05) is 12.5 Å². The Balaban J connectivity index is 0.00000196. The van der Waals surface area contributed by atoms with Crippen LogP contribution in [-0.4, -0.2) is 30.7 Å². The van der Waals surface area contributed by atoms with Crippen molar-refractivity contribution < 1.29 is 18.3 Å². The van der Waals surface area contributed by atoms with Gasteiger partial charge in [0.05, 0.1) is 17.0 Å². The predicted octanol–water partition coefficient (Wildman–Crippen LogP) is 0.746. The van der Waals surface area contributed by atoms with Crippen LogP contribution < -0.4 is 0 Å². The minimum atomic E-state index is -3.12. The smallest absolute Gasteiger partial charge is 0.337 e. The molecule has 0 unspecified atom stereocenters. The van der Waals surface area contributed by atoms with E-state index < -0.39 is 15.8 Å². The molecule has 1 rings (SSSR count). The quantitative estimate of drug-likeness (QED) is 0.857. The lowest BCUT2D eigenvalue weighted by molar-refractivity contribution is 0.0696. The lowest BCUT2D eigenvalue weighted by atomic mass is 10.2. The van der Waals surface area contributed by atoms with E-state index in [9.17, 15) is 13.2 Å². The molecule has 0 aliphatic rings. The normalized spacial score (nSPS) is 10.5. The van der Waals surface area contributed by atoms with E-state index in [1.165, 1.54) is 12.1 Å². The highest BCUT2D eigenvalue weighted by molar-refractivity contribution is 7.89. The minimum Gasteiger partial charge on any atom is -0.478 e. The number of rotatable bonds is 3. The highest BCUT2D eigenvalue weighted by atomic mass is 35.5. The van der Waals surface area contributed by atoms with E-state index in [1.807, 2.05) is 0 Å². The van der Waals surface area contributed by atoms with Crippen LogP contribution >= 0.6 is 12.4 Å². The Kier molecular flexibility index (Phi) is 4.70. The number of aromatic nitrogens is 1. The van der Waals surface area contributed by atoms with E-state index in [-0.39, 0.29) is 23.7 Å². The third kappa shape index (κ3) is 4.75. The first-order valence-corrected chi connectivity index (χ1v) is 5.80. The average molecular weight is 252 g/mol. The van der Waals surface area contributed by atoms with E-state index in [0.29, 0.717) is 5.69 Å². The number of carboxylic acid groups (broad SMARTS) is 1. The van der Waals surface area contributed by atoms with E-state index in [4.69, 9.17) is 5.11 Å². The number of halogens is 1. The molecule has 1 aromatic heterocycles. The van der Waals surface area contributed by atoms with Crippen LogP contribution in [0, 0.1) is 0 Å². The molecule has 5 nitrogen and oxygen atoms in total. The molecule has 0 bridgehead atoms. The summed E-state index contributed by atoms with van der Waals surface area (Å²) in [7, 11) is -3.12. The molecule has 0 spiro atoms. The van der Waals surface area contributed by atoms with Crippen molar-refractivity contribution in [3.63, 3.8) is 0 Å². The largest absolute Gasteiger partial charge is 0.478 e. The molecule has 1 N–H and O–H groups in total. The van der Waals surface area contributed by atoms with Gasteiger partial charge < -0.3 is 5.11 Å². The SMILES string of the molecule is CS(=O)(=O)Cc1ccc(C(=O)O)cn1.Cl. The molecular formula is C8H10ClNO4S. The van der Waals surface area contributed by atoms with Gasteiger partial charge in [0.15, 0.2) is 9.84 Å². The van der Waals surface area contributed by atoms with Crippen molar-refractivity contribution in [2.24, 2.45) is 0 Å². The maximum atomic E-state index is 10.9. The van der Waals surface area contributed by atoms with Gasteiger partial charge in [-0.05, 0) is 12.1 Å². The number of nitrogens with zero attached hydrogens (tertiary/aromatic N) is 1. The van der Waals surface area contributed by atoms with Crippen LogP contribution in [0.2, 0.25) is 0 Å². The zero-order valence-electron chi connectivity index (χ0n) is 7.87. The topological polar surface area (TPSA) is 84.3 Å². The summed E-state index contributed by atoms with van der Waals surface area (Å²) in [6.07, 6.45) is 2.24. The molecule has 0 saturated heterocycles. The predicted molar refractivity (Wildman–Crippen MR) is 57.0 cm³/mol. The second-order valence-electron chi connectivity index (χ2n) is 2.91. The molecule has 0 aromatic carbocycles. The first kappa shape index (κ1) is 13.9. The van der Waals surface area contributed by atoms with Gasteiger partial charge in [-0.25, -0.2) is 13.2 Å². The van der Waals surface area contributed by atoms with Crippen molar-refractivity contribution in [1.29, 1.82) is 0 Å². The van der Waals surface area contributed by atoms with Gasteiger partial charge in [0.25, 0.3) is 0 Å². The highest BCUT2D eigenvalue weighted by Gasteiger charge is 2.07. The maximum Gasteiger partial charge on any atom is 0.337 e. The number of hydrogen-bond donors (Lipinski definition) is 1. The van der Waals surface area contributed by atoms with Gasteiger partial charge in [-0.1, -0.05) is 0 Å². The van der Waals surface area contributed by atoms with Gasteiger partial charge in [0.1, 0.15) is 0 Å². The zero-order valence-corrected chi connectivity index (χ0v) is 9.51. The lowest BCUT2D eigenvalue weighted by Crippen LogP contribution is -2.04. The fourth-order valence-corrected chi connectivity index (χ4v) is 1.61. The van der Waals surface area contributed by atoms with Gasteiger partial charge in [-0.15, -0.1) is 12.4 Å². The number of sulfone groups is 1. The van der Waals surface area contributed by atoms with Crippen molar-refractivity contribution in [3.8, 4) is 0 Å². The molecule has 0 aliphatic heterocycles. The first-order valence-electron chi connectivity index (χ1n) is 3.74. The van der Waals surface area contributed by atoms with Crippen LogP contribution in [0.1, 0.15) is 16.1 Å². The Labute approximate surface area is 93.5 Å². The molecule has 7 heteroatoms. The highest BCUT2D eigenvalue weighted by Crippen LogP contribution is 2.03. The second-order valence-corrected chi connectivity index (χ2v) is 5.05. The van der Waals surface area contributed by atoms with Gasteiger partial charge in [-0.3, -0.25) is 4.98 Å². The van der Waals surface area contributed by atoms with E-state index in [0.717, 1.165) is 12.5 Å². The van der Waals surface area contributed by atoms with Crippen LogP contribution in [0.4, 0.5) is 0 Å². The van der Waals surface area contributed by atoms with Crippen LogP contribution in [-0.2, 0) is 15.6 Å². The Morgan fingerprint density at radius 3 is 2.40 bits per heavy atom. The van der Waals surface area contributed by atoms with E-state index >= 15 is 0 Å². The van der Waals surface area contributed by atoms with Crippen LogP contribution in [0.25, 0.3) is 0 Å². The standard InChI is InChI=1S/C8H9NO4S.ClH/c1-14(12,13)5-7-3-2-6(4-9-7)8(10)11;/h2-4H,5H2,1H3,(H,10,11);1H. The number of hydrogen-bond acceptors (Lipinski definition) is 4. The molecule has 15 heavy (non-hydrogen) atoms. The molecular weight excluding hydrogens is 242 g/mol. The number of pyridine rings is 1. The Hall–Kier alpha value is -1.14. The van der Waals surface area contributed by atoms with Crippen LogP contribution in [0.5, 0.6) is 0 Å². The van der Waals surface area contributed by atoms with Crippen LogP contribution in [0.15, 0.2) is 18.3 Å². The summed E-state index contributed by atoms with van der Waals surface area (Å²) in [5.74, 6) is -1.25. The van der Waals surface area contributed by atoms with E-state index in [2.05, 4.69) is 4.98 Å². The number of aromatic carboxylic acids is 1. The monoisotopic (exact) mass is 251 g/mol. The molecule has 0 radical (unpaired) electrons. The molecule has 1 aromatic rings. The molecule has 0 atom stereocenters. The van der Waals surface area contributed by atoms with Crippen molar-refractivity contribution in [2.45, 2.75) is 5.75 Å². The number of carboxylic acids is 1. The van der Waals surface area contributed by atoms with Crippen molar-refractivity contribution >= 4 is 28.2 Å². The fourth-order valence-electron chi connectivity index (χ4n) is 0.905. The van der Waals surface area contributed by atoms with Gasteiger partial charge in [-0.2, -0.15) is 0 Å². The third-order valence-corrected chi connectivity index (χ3v) is 2.30. The molecule has 0 fully saturated rings. The lowest BCUT2D eigenvalue weighted by Gasteiger charge is -1.98. The summed E-state index contributed by atoms with van der Waals surface area (Å²) in [4.78, 5) is 14.2. The summed E-state index contributed by atoms with van der Waals surface area (Å²) in [5, 5.41) is 8.55. The molecule has 0 amide bonds. The second kappa shape index (κ2) is 5.09. The van der Waals surface area contributed by atoms with Crippen molar-refractivity contribution in [1.82, 2.24) is 4.98 Å². The van der Waals surface area contributed by atoms with Crippen molar-refractivity contribution in [2.75, 3.05) is 6.26 Å². The van der Waals surface area contributed by atoms with Gasteiger partial charge in [0.2, 0.25) is 0 Å². The van der Waals surface area contributed by atoms with Crippen LogP contribution in [0.3, 0.4) is 0 Å². The molecule has 0 saturated carbocycles. The summed E-state index contributed by atoms with van der Waals surface area (Å²) in [5.41, 5.74) is 0.389. The fraction of sp³-hybridized carbons (Fsp3) is 0.250. The summed E-state index contributed by atoms with van der Waals surface area (Å²) in [6, 6.07) is 2.72. The Bertz CT molecular complexity index is 440. The van der Waals surface area contributed by atoms with Gasteiger partial charge >= 0.3 is 5.97 Å². The molecule has 84 valence electrons. The first-order chi connectivity index (χ1) is 6.38. The summed E-state index contributed by atoms with van der Waals surface area (Å²) < 4.78 is 21.7.